The molecule has 1 aromatic heterocycles. The number of rotatable bonds is 7. The van der Waals surface area contributed by atoms with E-state index in [0.717, 1.165) is 32.5 Å². The number of aromatic nitrogens is 2. The number of hydrogen-bond acceptors (Lipinski definition) is 2. The Morgan fingerprint density at radius 1 is 1.50 bits per heavy atom. The van der Waals surface area contributed by atoms with Gasteiger partial charge in [0.05, 0.1) is 6.33 Å². The Bertz CT molecular complexity index is 321. The zero-order chi connectivity index (χ0) is 12.5. The molecule has 0 amide bonds. The second-order valence-electron chi connectivity index (χ2n) is 4.53. The van der Waals surface area contributed by atoms with Gasteiger partial charge in [0, 0.05) is 32.0 Å². The van der Waals surface area contributed by atoms with Crippen molar-refractivity contribution in [1.82, 2.24) is 14.9 Å². The molecule has 0 aliphatic heterocycles. The van der Waals surface area contributed by atoms with Crippen LogP contribution in [0.3, 0.4) is 0 Å². The summed E-state index contributed by atoms with van der Waals surface area (Å²) in [5.41, 5.74) is 5.74. The number of imidazole rings is 1. The summed E-state index contributed by atoms with van der Waals surface area (Å²) in [5.74, 6) is 1.24. The van der Waals surface area contributed by atoms with Gasteiger partial charge in [-0.1, -0.05) is 13.8 Å². The van der Waals surface area contributed by atoms with E-state index >= 15 is 0 Å². The Kier molecular flexibility index (Phi) is 9.72. The number of aryl methyl sites for hydroxylation is 1. The molecule has 1 aromatic rings. The first kappa shape index (κ1) is 17.2. The quantitative estimate of drug-likeness (QED) is 0.335. The highest BCUT2D eigenvalue weighted by Gasteiger charge is 1.95. The molecular formula is C12H24IN5. The number of halogens is 1. The van der Waals surface area contributed by atoms with Crippen LogP contribution in [-0.2, 0) is 6.54 Å². The summed E-state index contributed by atoms with van der Waals surface area (Å²) in [4.78, 5) is 8.25. The predicted molar refractivity (Wildman–Crippen MR) is 86.2 cm³/mol. The summed E-state index contributed by atoms with van der Waals surface area (Å²) in [6.07, 6.45) is 7.64. The van der Waals surface area contributed by atoms with E-state index in [1.807, 2.05) is 17.1 Å². The van der Waals surface area contributed by atoms with Crippen LogP contribution in [0.25, 0.3) is 0 Å². The topological polar surface area (TPSA) is 68.2 Å². The third-order valence-corrected chi connectivity index (χ3v) is 2.44. The van der Waals surface area contributed by atoms with Gasteiger partial charge in [0.25, 0.3) is 0 Å². The van der Waals surface area contributed by atoms with Gasteiger partial charge in [0.1, 0.15) is 0 Å². The molecule has 0 bridgehead atoms. The molecule has 0 fully saturated rings. The van der Waals surface area contributed by atoms with Crippen molar-refractivity contribution in [3.63, 3.8) is 0 Å². The fraction of sp³-hybridized carbons (Fsp3) is 0.667. The van der Waals surface area contributed by atoms with Gasteiger partial charge in [-0.3, -0.25) is 4.99 Å². The van der Waals surface area contributed by atoms with Crippen LogP contribution in [0.2, 0.25) is 0 Å². The maximum absolute atomic E-state index is 5.74. The first-order valence-electron chi connectivity index (χ1n) is 6.18. The van der Waals surface area contributed by atoms with E-state index in [1.54, 1.807) is 6.20 Å². The minimum atomic E-state index is 0. The van der Waals surface area contributed by atoms with E-state index in [-0.39, 0.29) is 24.0 Å². The fourth-order valence-corrected chi connectivity index (χ4v) is 1.42. The Morgan fingerprint density at radius 2 is 2.28 bits per heavy atom. The van der Waals surface area contributed by atoms with E-state index < -0.39 is 0 Å². The minimum absolute atomic E-state index is 0. The molecule has 0 spiro atoms. The first-order chi connectivity index (χ1) is 8.18. The van der Waals surface area contributed by atoms with Crippen LogP contribution in [0.5, 0.6) is 0 Å². The molecule has 18 heavy (non-hydrogen) atoms. The van der Waals surface area contributed by atoms with Crippen molar-refractivity contribution in [2.24, 2.45) is 16.6 Å². The van der Waals surface area contributed by atoms with Crippen molar-refractivity contribution in [2.45, 2.75) is 33.2 Å². The molecule has 3 N–H and O–H groups in total. The molecule has 0 aliphatic rings. The first-order valence-corrected chi connectivity index (χ1v) is 6.18. The van der Waals surface area contributed by atoms with E-state index in [0.29, 0.717) is 11.9 Å². The van der Waals surface area contributed by atoms with Crippen LogP contribution in [0.1, 0.15) is 26.7 Å². The predicted octanol–water partition coefficient (Wildman–Crippen LogP) is 1.84. The highest BCUT2D eigenvalue weighted by atomic mass is 127. The maximum atomic E-state index is 5.74. The Balaban J connectivity index is 0.00000289. The second-order valence-corrected chi connectivity index (χ2v) is 4.53. The number of hydrogen-bond donors (Lipinski definition) is 2. The largest absolute Gasteiger partial charge is 0.370 e. The molecule has 104 valence electrons. The lowest BCUT2D eigenvalue weighted by Crippen LogP contribution is -2.33. The van der Waals surface area contributed by atoms with E-state index in [2.05, 4.69) is 29.1 Å². The minimum Gasteiger partial charge on any atom is -0.370 e. The Labute approximate surface area is 126 Å². The summed E-state index contributed by atoms with van der Waals surface area (Å²) in [6.45, 7) is 6.97. The molecule has 1 heterocycles. The highest BCUT2D eigenvalue weighted by Crippen LogP contribution is 1.96. The molecule has 0 atom stereocenters. The lowest BCUT2D eigenvalue weighted by molar-refractivity contribution is 0.576. The van der Waals surface area contributed by atoms with Crippen molar-refractivity contribution < 1.29 is 0 Å². The van der Waals surface area contributed by atoms with Gasteiger partial charge in [-0.2, -0.15) is 0 Å². The summed E-state index contributed by atoms with van der Waals surface area (Å²) in [5, 5.41) is 3.12. The molecule has 5 nitrogen and oxygen atoms in total. The third-order valence-electron chi connectivity index (χ3n) is 2.44. The fourth-order valence-electron chi connectivity index (χ4n) is 1.42. The van der Waals surface area contributed by atoms with Crippen molar-refractivity contribution in [2.75, 3.05) is 13.1 Å². The molecule has 1 rings (SSSR count). The molecule has 0 radical (unpaired) electrons. The molecular weight excluding hydrogens is 341 g/mol. The van der Waals surface area contributed by atoms with Crippen LogP contribution in [-0.4, -0.2) is 28.6 Å². The van der Waals surface area contributed by atoms with Gasteiger partial charge in [0.2, 0.25) is 0 Å². The van der Waals surface area contributed by atoms with Gasteiger partial charge in [-0.05, 0) is 18.8 Å². The number of nitrogens with zero attached hydrogens (tertiary/aromatic N) is 3. The average Bonchev–Trinajstić information content (AvgIpc) is 2.76. The van der Waals surface area contributed by atoms with Crippen molar-refractivity contribution in [3.05, 3.63) is 18.7 Å². The van der Waals surface area contributed by atoms with Gasteiger partial charge in [-0.15, -0.1) is 24.0 Å². The smallest absolute Gasteiger partial charge is 0.188 e. The highest BCUT2D eigenvalue weighted by molar-refractivity contribution is 14.0. The maximum Gasteiger partial charge on any atom is 0.188 e. The van der Waals surface area contributed by atoms with E-state index in [1.165, 1.54) is 0 Å². The lowest BCUT2D eigenvalue weighted by atomic mass is 10.1. The number of aliphatic imine (C=N–C) groups is 1. The molecule has 0 unspecified atom stereocenters. The average molecular weight is 365 g/mol. The van der Waals surface area contributed by atoms with Crippen molar-refractivity contribution in [1.29, 1.82) is 0 Å². The van der Waals surface area contributed by atoms with Gasteiger partial charge in [-0.25, -0.2) is 4.98 Å². The molecule has 0 saturated carbocycles. The number of guanidine groups is 1. The monoisotopic (exact) mass is 365 g/mol. The lowest BCUT2D eigenvalue weighted by Gasteiger charge is -2.07. The third kappa shape index (κ3) is 8.32. The molecule has 0 aliphatic carbocycles. The molecule has 0 aromatic carbocycles. The Hall–Kier alpha value is -0.790. The van der Waals surface area contributed by atoms with Crippen LogP contribution in [0.4, 0.5) is 0 Å². The van der Waals surface area contributed by atoms with Crippen LogP contribution >= 0.6 is 24.0 Å². The van der Waals surface area contributed by atoms with Crippen molar-refractivity contribution in [3.8, 4) is 0 Å². The summed E-state index contributed by atoms with van der Waals surface area (Å²) >= 11 is 0. The molecule has 0 saturated heterocycles. The van der Waals surface area contributed by atoms with Gasteiger partial charge in [0.15, 0.2) is 5.96 Å². The van der Waals surface area contributed by atoms with E-state index in [4.69, 9.17) is 5.73 Å². The number of nitrogens with two attached hydrogens (primary N) is 1. The van der Waals surface area contributed by atoms with Gasteiger partial charge >= 0.3 is 0 Å². The normalized spacial score (nSPS) is 11.4. The van der Waals surface area contributed by atoms with E-state index in [9.17, 15) is 0 Å². The zero-order valence-corrected chi connectivity index (χ0v) is 13.5. The summed E-state index contributed by atoms with van der Waals surface area (Å²) in [7, 11) is 0. The summed E-state index contributed by atoms with van der Waals surface area (Å²) < 4.78 is 2.04. The standard InChI is InChI=1S/C12H23N5.HI/c1-11(2)4-6-16-12(13)15-5-3-8-17-9-7-14-10-17;/h7,9-11H,3-6,8H2,1-2H3,(H3,13,15,16);1H. The SMILES string of the molecule is CC(C)CCNC(N)=NCCCn1ccnc1.I. The van der Waals surface area contributed by atoms with Crippen LogP contribution in [0, 0.1) is 5.92 Å². The molecule has 6 heteroatoms. The summed E-state index contributed by atoms with van der Waals surface area (Å²) in [6, 6.07) is 0. The van der Waals surface area contributed by atoms with Gasteiger partial charge < -0.3 is 15.6 Å². The second kappa shape index (κ2) is 10.2. The Morgan fingerprint density at radius 3 is 2.89 bits per heavy atom. The van der Waals surface area contributed by atoms with Crippen molar-refractivity contribution >= 4 is 29.9 Å². The zero-order valence-electron chi connectivity index (χ0n) is 11.2. The van der Waals surface area contributed by atoms with Crippen LogP contribution < -0.4 is 11.1 Å². The number of nitrogens with one attached hydrogen (secondary N) is 1. The van der Waals surface area contributed by atoms with Crippen LogP contribution in [0.15, 0.2) is 23.7 Å².